The topological polar surface area (TPSA) is 98.7 Å². The number of carbonyl (C=O) groups is 2. The Kier molecular flexibility index (Phi) is 5.58. The van der Waals surface area contributed by atoms with E-state index in [9.17, 15) is 19.8 Å². The second-order valence-corrected chi connectivity index (χ2v) is 6.15. The highest BCUT2D eigenvalue weighted by Gasteiger charge is 2.21. The summed E-state index contributed by atoms with van der Waals surface area (Å²) in [6, 6.07) is 4.69. The molecule has 1 aromatic carbocycles. The molecule has 0 heterocycles. The van der Waals surface area contributed by atoms with Gasteiger partial charge in [0.15, 0.2) is 0 Å². The lowest BCUT2D eigenvalue weighted by atomic mass is 9.97. The Morgan fingerprint density at radius 3 is 2.24 bits per heavy atom. The third kappa shape index (κ3) is 6.65. The summed E-state index contributed by atoms with van der Waals surface area (Å²) >= 11 is 0. The molecule has 0 saturated heterocycles. The third-order valence-corrected chi connectivity index (χ3v) is 2.76. The second-order valence-electron chi connectivity index (χ2n) is 6.15. The smallest absolute Gasteiger partial charge is 0.326 e. The van der Waals surface area contributed by atoms with Crippen LogP contribution < -0.4 is 10.6 Å². The number of hydrogen-bond donors (Lipinski definition) is 4. The fourth-order valence-corrected chi connectivity index (χ4v) is 1.62. The number of hydrogen-bond acceptors (Lipinski definition) is 3. The maximum Gasteiger partial charge on any atom is 0.326 e. The van der Waals surface area contributed by atoms with Crippen molar-refractivity contribution in [1.82, 2.24) is 10.6 Å². The summed E-state index contributed by atoms with van der Waals surface area (Å²) in [4.78, 5) is 22.9. The summed E-state index contributed by atoms with van der Waals surface area (Å²) in [7, 11) is 0. The van der Waals surface area contributed by atoms with Crippen LogP contribution in [0.2, 0.25) is 0 Å². The van der Waals surface area contributed by atoms with E-state index in [1.807, 2.05) is 20.8 Å². The highest BCUT2D eigenvalue weighted by atomic mass is 16.4. The van der Waals surface area contributed by atoms with Gasteiger partial charge in [0.25, 0.3) is 0 Å². The molecule has 21 heavy (non-hydrogen) atoms. The van der Waals surface area contributed by atoms with Crippen LogP contribution in [0.4, 0.5) is 4.79 Å². The molecule has 0 aliphatic carbocycles. The maximum atomic E-state index is 11.7. The summed E-state index contributed by atoms with van der Waals surface area (Å²) in [5.41, 5.74) is 0.642. The van der Waals surface area contributed by atoms with Gasteiger partial charge in [-0.05, 0) is 23.1 Å². The van der Waals surface area contributed by atoms with Crippen LogP contribution in [0, 0.1) is 5.41 Å². The normalized spacial score (nSPS) is 12.5. The summed E-state index contributed by atoms with van der Waals surface area (Å²) in [5, 5.41) is 23.5. The molecular formula is C15H22N2O4. The molecule has 0 saturated carbocycles. The number of benzene rings is 1. The number of amides is 2. The van der Waals surface area contributed by atoms with E-state index in [1.165, 1.54) is 12.1 Å². The summed E-state index contributed by atoms with van der Waals surface area (Å²) in [6.45, 7) is 6.36. The van der Waals surface area contributed by atoms with E-state index in [0.29, 0.717) is 6.54 Å². The Morgan fingerprint density at radius 2 is 1.76 bits per heavy atom. The molecule has 0 fully saturated rings. The predicted octanol–water partition coefficient (Wildman–Crippen LogP) is 1.73. The zero-order valence-electron chi connectivity index (χ0n) is 12.5. The number of phenols is 1. The molecule has 0 bridgehead atoms. The van der Waals surface area contributed by atoms with Crippen LogP contribution in [-0.4, -0.2) is 34.8 Å². The molecule has 1 unspecified atom stereocenters. The number of aliphatic carboxylic acids is 1. The average Bonchev–Trinajstić information content (AvgIpc) is 2.37. The van der Waals surface area contributed by atoms with Crippen molar-refractivity contribution in [3.63, 3.8) is 0 Å². The van der Waals surface area contributed by atoms with Crippen LogP contribution in [0.25, 0.3) is 0 Å². The Labute approximate surface area is 124 Å². The Bertz CT molecular complexity index is 491. The van der Waals surface area contributed by atoms with Crippen LogP contribution >= 0.6 is 0 Å². The van der Waals surface area contributed by atoms with Crippen LogP contribution in [0.3, 0.4) is 0 Å². The largest absolute Gasteiger partial charge is 0.508 e. The van der Waals surface area contributed by atoms with E-state index >= 15 is 0 Å². The molecule has 0 aliphatic heterocycles. The van der Waals surface area contributed by atoms with E-state index in [1.54, 1.807) is 12.1 Å². The molecular weight excluding hydrogens is 272 g/mol. The first-order valence-corrected chi connectivity index (χ1v) is 6.72. The third-order valence-electron chi connectivity index (χ3n) is 2.76. The van der Waals surface area contributed by atoms with Gasteiger partial charge in [-0.25, -0.2) is 9.59 Å². The average molecular weight is 294 g/mol. The summed E-state index contributed by atoms with van der Waals surface area (Å²) in [5.74, 6) is -0.990. The van der Waals surface area contributed by atoms with Gasteiger partial charge < -0.3 is 20.8 Å². The van der Waals surface area contributed by atoms with Crippen molar-refractivity contribution >= 4 is 12.0 Å². The molecule has 0 spiro atoms. The minimum absolute atomic E-state index is 0.0764. The van der Waals surface area contributed by atoms with Gasteiger partial charge in [-0.15, -0.1) is 0 Å². The molecule has 2 amide bonds. The second kappa shape index (κ2) is 6.97. The number of carboxylic acids is 1. The standard InChI is InChI=1S/C15H22N2O4/c1-15(2,3)9-16-14(21)17-12(13(19)20)8-10-4-6-11(18)7-5-10/h4-7,12,18H,8-9H2,1-3H3,(H,19,20)(H2,16,17,21). The SMILES string of the molecule is CC(C)(C)CNC(=O)NC(Cc1ccc(O)cc1)C(=O)O. The van der Waals surface area contributed by atoms with Crippen LogP contribution in [0.1, 0.15) is 26.3 Å². The maximum absolute atomic E-state index is 11.7. The fourth-order valence-electron chi connectivity index (χ4n) is 1.62. The van der Waals surface area contributed by atoms with Gasteiger partial charge in [0, 0.05) is 13.0 Å². The molecule has 1 rings (SSSR count). The first-order valence-electron chi connectivity index (χ1n) is 6.72. The van der Waals surface area contributed by atoms with Crippen molar-refractivity contribution in [3.8, 4) is 5.75 Å². The fraction of sp³-hybridized carbons (Fsp3) is 0.467. The zero-order valence-corrected chi connectivity index (χ0v) is 12.5. The van der Waals surface area contributed by atoms with Crippen molar-refractivity contribution in [2.45, 2.75) is 33.2 Å². The first kappa shape index (κ1) is 16.8. The lowest BCUT2D eigenvalue weighted by Crippen LogP contribution is -2.48. The monoisotopic (exact) mass is 294 g/mol. The number of rotatable bonds is 5. The molecule has 6 heteroatoms. The number of aromatic hydroxyl groups is 1. The molecule has 6 nitrogen and oxygen atoms in total. The Morgan fingerprint density at radius 1 is 1.19 bits per heavy atom. The highest BCUT2D eigenvalue weighted by Crippen LogP contribution is 2.12. The van der Waals surface area contributed by atoms with Crippen LogP contribution in [0.15, 0.2) is 24.3 Å². The minimum atomic E-state index is -1.10. The molecule has 1 aromatic rings. The highest BCUT2D eigenvalue weighted by molar-refractivity contribution is 5.82. The van der Waals surface area contributed by atoms with E-state index < -0.39 is 18.0 Å². The number of urea groups is 1. The Balaban J connectivity index is 2.59. The lowest BCUT2D eigenvalue weighted by Gasteiger charge is -2.20. The number of nitrogens with one attached hydrogen (secondary N) is 2. The van der Waals surface area contributed by atoms with Crippen molar-refractivity contribution in [3.05, 3.63) is 29.8 Å². The lowest BCUT2D eigenvalue weighted by molar-refractivity contribution is -0.139. The predicted molar refractivity (Wildman–Crippen MR) is 79.2 cm³/mol. The van der Waals surface area contributed by atoms with E-state index in [2.05, 4.69) is 10.6 Å². The van der Waals surface area contributed by atoms with Gasteiger partial charge in [0.05, 0.1) is 0 Å². The Hall–Kier alpha value is -2.24. The van der Waals surface area contributed by atoms with Crippen molar-refractivity contribution < 1.29 is 19.8 Å². The van der Waals surface area contributed by atoms with Crippen molar-refractivity contribution in [2.75, 3.05) is 6.54 Å². The van der Waals surface area contributed by atoms with Crippen LogP contribution in [0.5, 0.6) is 5.75 Å². The summed E-state index contributed by atoms with van der Waals surface area (Å²) in [6.07, 6.45) is 0.151. The number of phenolic OH excluding ortho intramolecular Hbond substituents is 1. The molecule has 0 radical (unpaired) electrons. The van der Waals surface area contributed by atoms with Gasteiger partial charge in [0.2, 0.25) is 0 Å². The molecule has 4 N–H and O–H groups in total. The summed E-state index contributed by atoms with van der Waals surface area (Å²) < 4.78 is 0. The number of carbonyl (C=O) groups excluding carboxylic acids is 1. The number of carboxylic acid groups (broad SMARTS) is 1. The quantitative estimate of drug-likeness (QED) is 0.664. The molecule has 0 aliphatic rings. The molecule has 116 valence electrons. The molecule has 0 aromatic heterocycles. The van der Waals surface area contributed by atoms with Crippen molar-refractivity contribution in [2.24, 2.45) is 5.41 Å². The molecule has 1 atom stereocenters. The van der Waals surface area contributed by atoms with Gasteiger partial charge in [-0.1, -0.05) is 32.9 Å². The zero-order chi connectivity index (χ0) is 16.0. The van der Waals surface area contributed by atoms with Crippen molar-refractivity contribution in [1.29, 1.82) is 0 Å². The minimum Gasteiger partial charge on any atom is -0.508 e. The van der Waals surface area contributed by atoms with Crippen LogP contribution in [-0.2, 0) is 11.2 Å². The van der Waals surface area contributed by atoms with E-state index in [-0.39, 0.29) is 17.6 Å². The van der Waals surface area contributed by atoms with Gasteiger partial charge in [-0.2, -0.15) is 0 Å². The van der Waals surface area contributed by atoms with E-state index in [4.69, 9.17) is 0 Å². The van der Waals surface area contributed by atoms with Gasteiger partial charge in [-0.3, -0.25) is 0 Å². The van der Waals surface area contributed by atoms with Gasteiger partial charge >= 0.3 is 12.0 Å². The first-order chi connectivity index (χ1) is 9.67. The van der Waals surface area contributed by atoms with Gasteiger partial charge in [0.1, 0.15) is 11.8 Å². The van der Waals surface area contributed by atoms with E-state index in [0.717, 1.165) is 5.56 Å².